The number of anilines is 1. The van der Waals surface area contributed by atoms with Gasteiger partial charge >= 0.3 is 5.63 Å². The second kappa shape index (κ2) is 8.90. The summed E-state index contributed by atoms with van der Waals surface area (Å²) in [6.07, 6.45) is -1.03. The molecule has 2 amide bonds. The van der Waals surface area contributed by atoms with Crippen molar-refractivity contribution in [1.82, 2.24) is 5.32 Å². The third kappa shape index (κ3) is 5.03. The molecule has 3 aromatic rings. The Bertz CT molecular complexity index is 1230. The number of benzene rings is 2. The quantitative estimate of drug-likeness (QED) is 0.459. The lowest BCUT2D eigenvalue weighted by molar-refractivity contribution is -0.129. The number of hydrogen-bond acceptors (Lipinski definition) is 5. The van der Waals surface area contributed by atoms with Crippen LogP contribution in [0.4, 0.5) is 18.9 Å². The molecular weight excluding hydrogens is 417 g/mol. The summed E-state index contributed by atoms with van der Waals surface area (Å²) in [5.74, 6) is -5.91. The van der Waals surface area contributed by atoms with Crippen LogP contribution in [0.2, 0.25) is 0 Å². The summed E-state index contributed by atoms with van der Waals surface area (Å²) < 4.78 is 50.3. The van der Waals surface area contributed by atoms with Crippen LogP contribution in [0.1, 0.15) is 12.5 Å². The van der Waals surface area contributed by atoms with Crippen LogP contribution >= 0.6 is 0 Å². The minimum Gasteiger partial charge on any atom is -0.481 e. The van der Waals surface area contributed by atoms with E-state index in [-0.39, 0.29) is 5.75 Å². The topological polar surface area (TPSA) is 97.6 Å². The lowest BCUT2D eigenvalue weighted by Gasteiger charge is -2.15. The summed E-state index contributed by atoms with van der Waals surface area (Å²) in [7, 11) is 0. The summed E-state index contributed by atoms with van der Waals surface area (Å²) in [4.78, 5) is 35.5. The molecule has 0 radical (unpaired) electrons. The van der Waals surface area contributed by atoms with Crippen molar-refractivity contribution < 1.29 is 31.9 Å². The van der Waals surface area contributed by atoms with Crippen molar-refractivity contribution in [3.05, 3.63) is 69.8 Å². The largest absolute Gasteiger partial charge is 0.481 e. The molecule has 1 unspecified atom stereocenters. The van der Waals surface area contributed by atoms with Crippen LogP contribution in [0.5, 0.6) is 5.75 Å². The lowest BCUT2D eigenvalue weighted by atomic mass is 10.1. The van der Waals surface area contributed by atoms with E-state index in [1.807, 2.05) is 5.32 Å². The van der Waals surface area contributed by atoms with Gasteiger partial charge in [0, 0.05) is 17.5 Å². The van der Waals surface area contributed by atoms with E-state index in [9.17, 15) is 27.6 Å². The van der Waals surface area contributed by atoms with Crippen LogP contribution in [-0.4, -0.2) is 24.5 Å². The van der Waals surface area contributed by atoms with Crippen molar-refractivity contribution in [1.29, 1.82) is 0 Å². The van der Waals surface area contributed by atoms with Crippen LogP contribution < -0.4 is 21.0 Å². The minimum atomic E-state index is -1.72. The number of halogens is 3. The normalized spacial score (nSPS) is 11.8. The zero-order valence-corrected chi connectivity index (χ0v) is 16.4. The molecule has 0 aliphatic heterocycles. The standard InChI is InChI=1S/C21H17F3N2O5/c1-10-7-18(28)31-16-8-12(3-4-13(10)16)30-11(2)21(29)25-9-17(27)26-15-6-5-14(22)19(23)20(15)24/h3-8,11H,9H2,1-2H3,(H,25,29)(H,26,27). The van der Waals surface area contributed by atoms with Crippen LogP contribution in [0, 0.1) is 24.4 Å². The fourth-order valence-electron chi connectivity index (χ4n) is 2.76. The Labute approximate surface area is 173 Å². The van der Waals surface area contributed by atoms with Crippen molar-refractivity contribution in [2.75, 3.05) is 11.9 Å². The molecule has 0 fully saturated rings. The van der Waals surface area contributed by atoms with Gasteiger partial charge in [-0.2, -0.15) is 0 Å². The van der Waals surface area contributed by atoms with Crippen molar-refractivity contribution in [2.45, 2.75) is 20.0 Å². The molecule has 7 nitrogen and oxygen atoms in total. The van der Waals surface area contributed by atoms with Gasteiger partial charge in [-0.05, 0) is 43.7 Å². The molecule has 2 aromatic carbocycles. The third-order valence-corrected chi connectivity index (χ3v) is 4.34. The lowest BCUT2D eigenvalue weighted by Crippen LogP contribution is -2.40. The highest BCUT2D eigenvalue weighted by Gasteiger charge is 2.18. The Balaban J connectivity index is 1.58. The Morgan fingerprint density at radius 2 is 1.84 bits per heavy atom. The summed E-state index contributed by atoms with van der Waals surface area (Å²) >= 11 is 0. The molecule has 3 rings (SSSR count). The summed E-state index contributed by atoms with van der Waals surface area (Å²) in [6.45, 7) is 2.63. The van der Waals surface area contributed by atoms with Crippen LogP contribution in [0.3, 0.4) is 0 Å². The van der Waals surface area contributed by atoms with Crippen molar-refractivity contribution in [2.24, 2.45) is 0 Å². The summed E-state index contributed by atoms with van der Waals surface area (Å²) in [5.41, 5.74) is -0.0538. The predicted octanol–water partition coefficient (Wildman–Crippen LogP) is 3.04. The van der Waals surface area contributed by atoms with E-state index in [4.69, 9.17) is 9.15 Å². The highest BCUT2D eigenvalue weighted by atomic mass is 19.2. The SMILES string of the molecule is Cc1cc(=O)oc2cc(OC(C)C(=O)NCC(=O)Nc3ccc(F)c(F)c3F)ccc12. The number of carbonyl (C=O) groups excluding carboxylic acids is 2. The molecule has 1 heterocycles. The minimum absolute atomic E-state index is 0.261. The van der Waals surface area contributed by atoms with E-state index in [0.29, 0.717) is 17.0 Å². The molecule has 0 spiro atoms. The molecule has 2 N–H and O–H groups in total. The molecule has 0 bridgehead atoms. The molecule has 31 heavy (non-hydrogen) atoms. The fraction of sp³-hybridized carbons (Fsp3) is 0.190. The van der Waals surface area contributed by atoms with Crippen molar-refractivity contribution >= 4 is 28.5 Å². The zero-order chi connectivity index (χ0) is 22.7. The molecular formula is C21H17F3N2O5. The molecule has 0 saturated heterocycles. The zero-order valence-electron chi connectivity index (χ0n) is 16.4. The average Bonchev–Trinajstić information content (AvgIpc) is 2.72. The fourth-order valence-corrected chi connectivity index (χ4v) is 2.76. The molecule has 0 aliphatic rings. The smallest absolute Gasteiger partial charge is 0.336 e. The Morgan fingerprint density at radius 3 is 2.58 bits per heavy atom. The maximum Gasteiger partial charge on any atom is 0.336 e. The molecule has 1 aromatic heterocycles. The molecule has 1 atom stereocenters. The van der Waals surface area contributed by atoms with Crippen LogP contribution in [-0.2, 0) is 9.59 Å². The van der Waals surface area contributed by atoms with Gasteiger partial charge in [0.25, 0.3) is 5.91 Å². The summed E-state index contributed by atoms with van der Waals surface area (Å²) in [6, 6.07) is 7.62. The number of fused-ring (bicyclic) bond motifs is 1. The van der Waals surface area contributed by atoms with Crippen LogP contribution in [0.25, 0.3) is 11.0 Å². The highest BCUT2D eigenvalue weighted by molar-refractivity contribution is 5.95. The number of nitrogens with one attached hydrogen (secondary N) is 2. The van der Waals surface area contributed by atoms with Gasteiger partial charge in [-0.1, -0.05) is 0 Å². The number of hydrogen-bond donors (Lipinski definition) is 2. The second-order valence-corrected chi connectivity index (χ2v) is 6.66. The number of carbonyl (C=O) groups is 2. The Kier molecular flexibility index (Phi) is 6.28. The Hall–Kier alpha value is -3.82. The van der Waals surface area contributed by atoms with Gasteiger partial charge in [-0.3, -0.25) is 9.59 Å². The number of amides is 2. The van der Waals surface area contributed by atoms with E-state index in [1.165, 1.54) is 19.1 Å². The third-order valence-electron chi connectivity index (χ3n) is 4.34. The monoisotopic (exact) mass is 434 g/mol. The summed E-state index contributed by atoms with van der Waals surface area (Å²) in [5, 5.41) is 5.03. The van der Waals surface area contributed by atoms with Gasteiger partial charge in [0.05, 0.1) is 12.2 Å². The molecule has 0 saturated carbocycles. The average molecular weight is 434 g/mol. The van der Waals surface area contributed by atoms with Crippen molar-refractivity contribution in [3.63, 3.8) is 0 Å². The van der Waals surface area contributed by atoms with E-state index in [0.717, 1.165) is 11.6 Å². The van der Waals surface area contributed by atoms with E-state index >= 15 is 0 Å². The number of rotatable bonds is 6. The number of ether oxygens (including phenoxy) is 1. The predicted molar refractivity (Wildman–Crippen MR) is 105 cm³/mol. The second-order valence-electron chi connectivity index (χ2n) is 6.66. The van der Waals surface area contributed by atoms with E-state index in [1.54, 1.807) is 19.1 Å². The molecule has 10 heteroatoms. The van der Waals surface area contributed by atoms with Gasteiger partial charge in [0.15, 0.2) is 23.6 Å². The van der Waals surface area contributed by atoms with Crippen molar-refractivity contribution in [3.8, 4) is 5.75 Å². The molecule has 162 valence electrons. The van der Waals surface area contributed by atoms with E-state index < -0.39 is 53.2 Å². The number of aryl methyl sites for hydroxylation is 1. The first-order chi connectivity index (χ1) is 14.7. The van der Waals surface area contributed by atoms with Gasteiger partial charge in [0.1, 0.15) is 11.3 Å². The Morgan fingerprint density at radius 1 is 1.10 bits per heavy atom. The van der Waals surface area contributed by atoms with E-state index in [2.05, 4.69) is 5.32 Å². The van der Waals surface area contributed by atoms with Gasteiger partial charge in [-0.15, -0.1) is 0 Å². The molecule has 0 aliphatic carbocycles. The highest BCUT2D eigenvalue weighted by Crippen LogP contribution is 2.23. The maximum absolute atomic E-state index is 13.6. The van der Waals surface area contributed by atoms with Gasteiger partial charge in [-0.25, -0.2) is 18.0 Å². The first-order valence-corrected chi connectivity index (χ1v) is 9.08. The van der Waals surface area contributed by atoms with Crippen LogP contribution in [0.15, 0.2) is 45.6 Å². The van der Waals surface area contributed by atoms with Gasteiger partial charge in [0.2, 0.25) is 5.91 Å². The first kappa shape index (κ1) is 21.9. The van der Waals surface area contributed by atoms with Gasteiger partial charge < -0.3 is 19.8 Å². The maximum atomic E-state index is 13.6. The first-order valence-electron chi connectivity index (χ1n) is 9.08.